The summed E-state index contributed by atoms with van der Waals surface area (Å²) in [4.78, 5) is 18.7. The number of pyridine rings is 1. The normalized spacial score (nSPS) is 12.2. The summed E-state index contributed by atoms with van der Waals surface area (Å²) in [5.41, 5.74) is 3.38. The van der Waals surface area contributed by atoms with Gasteiger partial charge in [0.05, 0.1) is 13.7 Å². The smallest absolute Gasteiger partial charge is 0.253 e. The van der Waals surface area contributed by atoms with Gasteiger partial charge in [-0.2, -0.15) is 0 Å². The molecule has 182 valence electrons. The predicted molar refractivity (Wildman–Crippen MR) is 139 cm³/mol. The van der Waals surface area contributed by atoms with Crippen LogP contribution < -0.4 is 10.3 Å². The van der Waals surface area contributed by atoms with Gasteiger partial charge >= 0.3 is 0 Å². The van der Waals surface area contributed by atoms with Crippen LogP contribution in [0.15, 0.2) is 89.7 Å². The molecular weight excluding hydrogens is 452 g/mol. The number of hydrogen-bond donors (Lipinski definition) is 1. The second kappa shape index (κ2) is 10.5. The van der Waals surface area contributed by atoms with Crippen LogP contribution in [0, 0.1) is 0 Å². The molecule has 8 nitrogen and oxygen atoms in total. The molecule has 5 rings (SSSR count). The highest BCUT2D eigenvalue weighted by Gasteiger charge is 2.30. The van der Waals surface area contributed by atoms with Crippen LogP contribution in [0.1, 0.15) is 35.5 Å². The molecule has 0 saturated carbocycles. The summed E-state index contributed by atoms with van der Waals surface area (Å²) in [6, 6.07) is 27.3. The number of aromatic amines is 1. The van der Waals surface area contributed by atoms with E-state index in [2.05, 4.69) is 44.5 Å². The van der Waals surface area contributed by atoms with E-state index in [0.29, 0.717) is 31.0 Å². The fourth-order valence-corrected chi connectivity index (χ4v) is 4.51. The lowest BCUT2D eigenvalue weighted by atomic mass is 10.0. The monoisotopic (exact) mass is 480 g/mol. The average molecular weight is 481 g/mol. The van der Waals surface area contributed by atoms with Gasteiger partial charge in [-0.15, -0.1) is 5.10 Å². The minimum Gasteiger partial charge on any atom is -0.497 e. The average Bonchev–Trinajstić information content (AvgIpc) is 3.36. The maximum absolute atomic E-state index is 13.5. The molecule has 0 bridgehead atoms. The van der Waals surface area contributed by atoms with E-state index in [1.165, 1.54) is 0 Å². The van der Waals surface area contributed by atoms with Gasteiger partial charge in [-0.3, -0.25) is 9.69 Å². The lowest BCUT2D eigenvalue weighted by Gasteiger charge is -2.30. The Morgan fingerprint density at radius 1 is 0.972 bits per heavy atom. The first-order chi connectivity index (χ1) is 17.7. The fourth-order valence-electron chi connectivity index (χ4n) is 4.51. The SMILES string of the molecule is CCN(Cc1ccccc1)[C@@H](c1cc2cc(OC)ccc2[nH]c1=O)c1nnnn1Cc1ccccc1. The zero-order valence-corrected chi connectivity index (χ0v) is 20.3. The van der Waals surface area contributed by atoms with E-state index in [4.69, 9.17) is 4.74 Å². The number of ether oxygens (including phenoxy) is 1. The number of hydrogen-bond acceptors (Lipinski definition) is 6. The van der Waals surface area contributed by atoms with Crippen molar-refractivity contribution in [3.8, 4) is 5.75 Å². The van der Waals surface area contributed by atoms with E-state index in [1.807, 2.05) is 72.8 Å². The van der Waals surface area contributed by atoms with Crippen molar-refractivity contribution < 1.29 is 4.74 Å². The Morgan fingerprint density at radius 2 is 1.69 bits per heavy atom. The molecule has 3 aromatic carbocycles. The molecule has 8 heteroatoms. The van der Waals surface area contributed by atoms with E-state index in [9.17, 15) is 4.79 Å². The molecule has 2 heterocycles. The molecular formula is C28H28N6O2. The molecule has 1 N–H and O–H groups in total. The summed E-state index contributed by atoms with van der Waals surface area (Å²) in [6.07, 6.45) is 0. The molecule has 0 unspecified atom stereocenters. The maximum Gasteiger partial charge on any atom is 0.253 e. The Bertz CT molecular complexity index is 1500. The largest absolute Gasteiger partial charge is 0.497 e. The van der Waals surface area contributed by atoms with Crippen LogP contribution in [-0.4, -0.2) is 43.7 Å². The lowest BCUT2D eigenvalue weighted by molar-refractivity contribution is 0.214. The number of fused-ring (bicyclic) bond motifs is 1. The summed E-state index contributed by atoms with van der Waals surface area (Å²) in [7, 11) is 1.63. The van der Waals surface area contributed by atoms with Gasteiger partial charge in [0.15, 0.2) is 5.82 Å². The number of rotatable bonds is 9. The molecule has 1 atom stereocenters. The Kier molecular flexibility index (Phi) is 6.86. The zero-order chi connectivity index (χ0) is 24.9. The standard InChI is InChI=1S/C28H28N6O2/c1-3-33(18-20-10-6-4-7-11-20)26(27-30-31-32-34(27)19-21-12-8-5-9-13-21)24-17-22-16-23(36-2)14-15-25(22)29-28(24)35/h4-17,26H,3,18-19H2,1-2H3,(H,29,35)/t26-/m0/s1. The molecule has 0 radical (unpaired) electrons. The van der Waals surface area contributed by atoms with Crippen molar-refractivity contribution in [2.45, 2.75) is 26.1 Å². The van der Waals surface area contributed by atoms with Gasteiger partial charge < -0.3 is 9.72 Å². The summed E-state index contributed by atoms with van der Waals surface area (Å²) < 4.78 is 7.20. The third-order valence-electron chi connectivity index (χ3n) is 6.35. The van der Waals surface area contributed by atoms with Gasteiger partial charge in [0, 0.05) is 23.0 Å². The number of nitrogens with zero attached hydrogens (tertiary/aromatic N) is 5. The summed E-state index contributed by atoms with van der Waals surface area (Å²) in [5.74, 6) is 1.34. The van der Waals surface area contributed by atoms with Gasteiger partial charge in [0.25, 0.3) is 5.56 Å². The van der Waals surface area contributed by atoms with Gasteiger partial charge in [0.1, 0.15) is 11.8 Å². The summed E-state index contributed by atoms with van der Waals surface area (Å²) >= 11 is 0. The molecule has 36 heavy (non-hydrogen) atoms. The molecule has 0 saturated heterocycles. The number of methoxy groups -OCH3 is 1. The van der Waals surface area contributed by atoms with Crippen molar-refractivity contribution in [2.75, 3.05) is 13.7 Å². The van der Waals surface area contributed by atoms with Gasteiger partial charge in [0.2, 0.25) is 0 Å². The van der Waals surface area contributed by atoms with E-state index >= 15 is 0 Å². The third-order valence-corrected chi connectivity index (χ3v) is 6.35. The zero-order valence-electron chi connectivity index (χ0n) is 20.3. The first-order valence-corrected chi connectivity index (χ1v) is 11.9. The Labute approximate surface area is 209 Å². The number of aromatic nitrogens is 5. The summed E-state index contributed by atoms with van der Waals surface area (Å²) in [6.45, 7) is 3.91. The van der Waals surface area contributed by atoms with Crippen LogP contribution in [0.4, 0.5) is 0 Å². The second-order valence-corrected chi connectivity index (χ2v) is 8.64. The number of tetrazole rings is 1. The maximum atomic E-state index is 13.5. The minimum atomic E-state index is -0.465. The predicted octanol–water partition coefficient (Wildman–Crippen LogP) is 4.18. The molecule has 2 aromatic heterocycles. The van der Waals surface area contributed by atoms with Gasteiger partial charge in [-0.1, -0.05) is 67.6 Å². The second-order valence-electron chi connectivity index (χ2n) is 8.64. The molecule has 0 amide bonds. The quantitative estimate of drug-likeness (QED) is 0.340. The summed E-state index contributed by atoms with van der Waals surface area (Å²) in [5, 5.41) is 13.6. The number of H-pyrrole nitrogens is 1. The molecule has 0 spiro atoms. The van der Waals surface area contributed by atoms with Crippen LogP contribution in [-0.2, 0) is 13.1 Å². The van der Waals surface area contributed by atoms with Crippen LogP contribution in [0.25, 0.3) is 10.9 Å². The van der Waals surface area contributed by atoms with Gasteiger partial charge in [-0.05, 0) is 52.4 Å². The van der Waals surface area contributed by atoms with Crippen molar-refractivity contribution in [2.24, 2.45) is 0 Å². The Hall–Kier alpha value is -4.30. The Morgan fingerprint density at radius 3 is 2.39 bits per heavy atom. The number of nitrogens with one attached hydrogen (secondary N) is 1. The molecule has 0 aliphatic rings. The van der Waals surface area contributed by atoms with E-state index in [-0.39, 0.29) is 5.56 Å². The highest BCUT2D eigenvalue weighted by molar-refractivity contribution is 5.80. The van der Waals surface area contributed by atoms with Crippen molar-refractivity contribution >= 4 is 10.9 Å². The minimum absolute atomic E-state index is 0.168. The van der Waals surface area contributed by atoms with Crippen LogP contribution in [0.5, 0.6) is 5.75 Å². The molecule has 0 fully saturated rings. The van der Waals surface area contributed by atoms with Gasteiger partial charge in [-0.25, -0.2) is 4.68 Å². The van der Waals surface area contributed by atoms with Crippen molar-refractivity contribution in [3.63, 3.8) is 0 Å². The van der Waals surface area contributed by atoms with Crippen molar-refractivity contribution in [3.05, 3.63) is 118 Å². The Balaban J connectivity index is 1.65. The molecule has 0 aliphatic carbocycles. The third kappa shape index (κ3) is 4.89. The lowest BCUT2D eigenvalue weighted by Crippen LogP contribution is -2.35. The first kappa shape index (κ1) is 23.4. The molecule has 0 aliphatic heterocycles. The van der Waals surface area contributed by atoms with Crippen LogP contribution in [0.2, 0.25) is 0 Å². The van der Waals surface area contributed by atoms with Crippen molar-refractivity contribution in [1.82, 2.24) is 30.1 Å². The highest BCUT2D eigenvalue weighted by atomic mass is 16.5. The van der Waals surface area contributed by atoms with E-state index in [1.54, 1.807) is 11.8 Å². The van der Waals surface area contributed by atoms with E-state index < -0.39 is 6.04 Å². The topological polar surface area (TPSA) is 88.9 Å². The molecule has 5 aromatic rings. The number of benzene rings is 3. The first-order valence-electron chi connectivity index (χ1n) is 11.9. The highest BCUT2D eigenvalue weighted by Crippen LogP contribution is 2.29. The van der Waals surface area contributed by atoms with Crippen LogP contribution >= 0.6 is 0 Å². The van der Waals surface area contributed by atoms with E-state index in [0.717, 1.165) is 27.8 Å². The van der Waals surface area contributed by atoms with Crippen LogP contribution in [0.3, 0.4) is 0 Å². The van der Waals surface area contributed by atoms with Crippen molar-refractivity contribution in [1.29, 1.82) is 0 Å². The fraction of sp³-hybridized carbons (Fsp3) is 0.214.